The van der Waals surface area contributed by atoms with Gasteiger partial charge < -0.3 is 14.6 Å². The van der Waals surface area contributed by atoms with Crippen LogP contribution in [0.4, 0.5) is 0 Å². The Bertz CT molecular complexity index is 1360. The summed E-state index contributed by atoms with van der Waals surface area (Å²) in [4.78, 5) is 0. The summed E-state index contributed by atoms with van der Waals surface area (Å²) in [6.07, 6.45) is 1.02. The molecule has 3 nitrogen and oxygen atoms in total. The molecule has 1 N–H and O–H groups in total. The Balaban J connectivity index is 1.35. The summed E-state index contributed by atoms with van der Waals surface area (Å²) >= 11 is 0. The maximum absolute atomic E-state index is 5.47. The molecular formula is C28H28N2O. The van der Waals surface area contributed by atoms with E-state index in [1.54, 1.807) is 7.11 Å². The van der Waals surface area contributed by atoms with Crippen molar-refractivity contribution >= 4 is 32.6 Å². The van der Waals surface area contributed by atoms with Crippen molar-refractivity contribution in [2.45, 2.75) is 26.4 Å². The first-order valence-corrected chi connectivity index (χ1v) is 11.0. The number of benzene rings is 4. The van der Waals surface area contributed by atoms with Crippen molar-refractivity contribution in [1.82, 2.24) is 9.88 Å². The normalized spacial score (nSPS) is 11.5. The maximum atomic E-state index is 5.47. The van der Waals surface area contributed by atoms with Crippen molar-refractivity contribution in [3.63, 3.8) is 0 Å². The predicted molar refractivity (Wildman–Crippen MR) is 131 cm³/mol. The zero-order chi connectivity index (χ0) is 21.2. The molecule has 0 bridgehead atoms. The van der Waals surface area contributed by atoms with E-state index >= 15 is 0 Å². The zero-order valence-electron chi connectivity index (χ0n) is 18.2. The number of aryl methyl sites for hydroxylation is 1. The first kappa shape index (κ1) is 19.7. The highest BCUT2D eigenvalue weighted by molar-refractivity contribution is 6.08. The van der Waals surface area contributed by atoms with E-state index in [1.807, 2.05) is 6.07 Å². The van der Waals surface area contributed by atoms with E-state index in [1.165, 1.54) is 43.7 Å². The fourth-order valence-corrected chi connectivity index (χ4v) is 4.67. The lowest BCUT2D eigenvalue weighted by Crippen LogP contribution is -2.16. The van der Waals surface area contributed by atoms with Crippen molar-refractivity contribution in [2.75, 3.05) is 13.7 Å². The van der Waals surface area contributed by atoms with Crippen LogP contribution in [0, 0.1) is 0 Å². The Kier molecular flexibility index (Phi) is 5.35. The van der Waals surface area contributed by atoms with Gasteiger partial charge in [-0.2, -0.15) is 0 Å². The second-order valence-electron chi connectivity index (χ2n) is 8.04. The van der Waals surface area contributed by atoms with Crippen LogP contribution in [0.25, 0.3) is 32.6 Å². The molecular weight excluding hydrogens is 380 g/mol. The molecule has 156 valence electrons. The highest BCUT2D eigenvalue weighted by atomic mass is 16.5. The Morgan fingerprint density at radius 2 is 1.58 bits per heavy atom. The average Bonchev–Trinajstić information content (AvgIpc) is 3.14. The van der Waals surface area contributed by atoms with Crippen molar-refractivity contribution < 1.29 is 4.74 Å². The van der Waals surface area contributed by atoms with Gasteiger partial charge >= 0.3 is 0 Å². The van der Waals surface area contributed by atoms with Gasteiger partial charge in [0.05, 0.1) is 7.11 Å². The summed E-state index contributed by atoms with van der Waals surface area (Å²) in [7, 11) is 1.73. The molecule has 0 saturated heterocycles. The first-order chi connectivity index (χ1) is 15.3. The van der Waals surface area contributed by atoms with E-state index in [9.17, 15) is 0 Å². The van der Waals surface area contributed by atoms with Gasteiger partial charge in [-0.15, -0.1) is 0 Å². The van der Waals surface area contributed by atoms with Gasteiger partial charge in [0.2, 0.25) is 0 Å². The van der Waals surface area contributed by atoms with Crippen molar-refractivity contribution in [1.29, 1.82) is 0 Å². The second kappa shape index (κ2) is 8.44. The summed E-state index contributed by atoms with van der Waals surface area (Å²) < 4.78 is 7.85. The molecule has 1 heterocycles. The maximum Gasteiger partial charge on any atom is 0.119 e. The van der Waals surface area contributed by atoms with Crippen LogP contribution in [-0.4, -0.2) is 18.2 Å². The predicted octanol–water partition coefficient (Wildman–Crippen LogP) is 6.31. The van der Waals surface area contributed by atoms with Crippen molar-refractivity contribution in [2.24, 2.45) is 0 Å². The molecule has 0 radical (unpaired) electrons. The lowest BCUT2D eigenvalue weighted by atomic mass is 10.0. The molecule has 31 heavy (non-hydrogen) atoms. The van der Waals surface area contributed by atoms with Crippen LogP contribution < -0.4 is 10.1 Å². The minimum absolute atomic E-state index is 0.865. The Labute approximate surface area is 183 Å². The monoisotopic (exact) mass is 408 g/mol. The molecule has 3 heteroatoms. The lowest BCUT2D eigenvalue weighted by molar-refractivity contribution is 0.415. The topological polar surface area (TPSA) is 26.2 Å². The fourth-order valence-electron chi connectivity index (χ4n) is 4.67. The van der Waals surface area contributed by atoms with E-state index in [4.69, 9.17) is 4.74 Å². The van der Waals surface area contributed by atoms with Gasteiger partial charge in [0.15, 0.2) is 0 Å². The minimum Gasteiger partial charge on any atom is -0.497 e. The smallest absolute Gasteiger partial charge is 0.119 e. The Hall–Kier alpha value is -3.30. The molecule has 0 fully saturated rings. The van der Waals surface area contributed by atoms with Crippen LogP contribution in [0.1, 0.15) is 18.1 Å². The molecule has 0 aliphatic carbocycles. The molecule has 0 unspecified atom stereocenters. The van der Waals surface area contributed by atoms with Crippen LogP contribution in [0.3, 0.4) is 0 Å². The third kappa shape index (κ3) is 3.66. The Morgan fingerprint density at radius 1 is 0.806 bits per heavy atom. The number of ether oxygens (including phenoxy) is 1. The van der Waals surface area contributed by atoms with Gasteiger partial charge in [0.1, 0.15) is 5.75 Å². The summed E-state index contributed by atoms with van der Waals surface area (Å²) in [6.45, 7) is 4.97. The minimum atomic E-state index is 0.865. The molecule has 1 aromatic heterocycles. The lowest BCUT2D eigenvalue weighted by Gasteiger charge is -2.09. The highest BCUT2D eigenvalue weighted by Gasteiger charge is 2.11. The summed E-state index contributed by atoms with van der Waals surface area (Å²) in [5.74, 6) is 0.904. The molecule has 0 aliphatic heterocycles. The summed E-state index contributed by atoms with van der Waals surface area (Å²) in [5.41, 5.74) is 5.26. The van der Waals surface area contributed by atoms with Crippen LogP contribution in [0.15, 0.2) is 78.9 Å². The average molecular weight is 409 g/mol. The fraction of sp³-hybridized carbons (Fsp3) is 0.214. The van der Waals surface area contributed by atoms with Gasteiger partial charge in [-0.25, -0.2) is 0 Å². The third-order valence-electron chi connectivity index (χ3n) is 6.23. The quantitative estimate of drug-likeness (QED) is 0.319. The van der Waals surface area contributed by atoms with E-state index in [0.29, 0.717) is 0 Å². The van der Waals surface area contributed by atoms with Gasteiger partial charge in [0.25, 0.3) is 0 Å². The van der Waals surface area contributed by atoms with Crippen LogP contribution in [0.2, 0.25) is 0 Å². The van der Waals surface area contributed by atoms with Gasteiger partial charge in [-0.1, -0.05) is 48.5 Å². The van der Waals surface area contributed by atoms with Gasteiger partial charge in [-0.3, -0.25) is 0 Å². The largest absolute Gasteiger partial charge is 0.497 e. The highest BCUT2D eigenvalue weighted by Crippen LogP contribution is 2.32. The molecule has 4 aromatic carbocycles. The zero-order valence-corrected chi connectivity index (χ0v) is 18.2. The molecule has 5 rings (SSSR count). The molecule has 0 atom stereocenters. The number of nitrogens with zero attached hydrogens (tertiary/aromatic N) is 1. The molecule has 5 aromatic rings. The number of fused-ring (bicyclic) bond motifs is 4. The van der Waals surface area contributed by atoms with E-state index in [-0.39, 0.29) is 0 Å². The van der Waals surface area contributed by atoms with Crippen LogP contribution >= 0.6 is 0 Å². The van der Waals surface area contributed by atoms with Gasteiger partial charge in [-0.05, 0) is 72.1 Å². The Morgan fingerprint density at radius 3 is 2.42 bits per heavy atom. The number of hydrogen-bond donors (Lipinski definition) is 1. The number of aromatic nitrogens is 1. The number of hydrogen-bond acceptors (Lipinski definition) is 2. The molecule has 0 aliphatic rings. The van der Waals surface area contributed by atoms with E-state index in [2.05, 4.69) is 89.6 Å². The van der Waals surface area contributed by atoms with Crippen LogP contribution in [-0.2, 0) is 19.5 Å². The van der Waals surface area contributed by atoms with Gasteiger partial charge in [0, 0.05) is 34.9 Å². The summed E-state index contributed by atoms with van der Waals surface area (Å²) in [6, 6.07) is 28.4. The van der Waals surface area contributed by atoms with Crippen molar-refractivity contribution in [3.8, 4) is 5.75 Å². The number of nitrogens with one attached hydrogen (secondary N) is 1. The number of rotatable bonds is 7. The molecule has 0 amide bonds. The second-order valence-corrected chi connectivity index (χ2v) is 8.04. The van der Waals surface area contributed by atoms with Crippen LogP contribution in [0.5, 0.6) is 5.75 Å². The van der Waals surface area contributed by atoms with E-state index < -0.39 is 0 Å². The standard InChI is InChI=1S/C28H28N2O/c1-3-30-27-13-11-20(17-25(27)26-18-23(31-2)12-14-28(26)30)19-29-16-15-22-9-6-8-21-7-4-5-10-24(21)22/h4-14,17-18,29H,3,15-16,19H2,1-2H3. The number of methoxy groups -OCH3 is 1. The summed E-state index contributed by atoms with van der Waals surface area (Å²) in [5, 5.41) is 8.86. The molecule has 0 saturated carbocycles. The molecule has 0 spiro atoms. The first-order valence-electron chi connectivity index (χ1n) is 11.0. The van der Waals surface area contributed by atoms with Crippen molar-refractivity contribution in [3.05, 3.63) is 90.0 Å². The third-order valence-corrected chi connectivity index (χ3v) is 6.23. The van der Waals surface area contributed by atoms with E-state index in [0.717, 1.165) is 31.8 Å². The SMILES string of the molecule is CCn1c2ccc(CNCCc3cccc4ccccc34)cc2c2cc(OC)ccc21.